The van der Waals surface area contributed by atoms with Gasteiger partial charge >= 0.3 is 0 Å². The van der Waals surface area contributed by atoms with Gasteiger partial charge in [0.1, 0.15) is 0 Å². The van der Waals surface area contributed by atoms with Crippen molar-refractivity contribution in [1.29, 1.82) is 0 Å². The second-order valence-electron chi connectivity index (χ2n) is 5.66. The molecule has 1 heterocycles. The molecule has 3 rings (SSSR count). The Labute approximate surface area is 103 Å². The summed E-state index contributed by atoms with van der Waals surface area (Å²) in [5.74, 6) is 3.09. The molecule has 0 aromatic carbocycles. The minimum absolute atomic E-state index is 0.972. The largest absolute Gasteiger partial charge is 0.316 e. The van der Waals surface area contributed by atoms with Crippen molar-refractivity contribution in [3.8, 4) is 0 Å². The summed E-state index contributed by atoms with van der Waals surface area (Å²) in [6, 6.07) is 0. The highest BCUT2D eigenvalue weighted by molar-refractivity contribution is 4.90. The average Bonchev–Trinajstić information content (AvgIpc) is 3.05. The van der Waals surface area contributed by atoms with Gasteiger partial charge in [0.25, 0.3) is 0 Å². The van der Waals surface area contributed by atoms with Crippen LogP contribution >= 0.6 is 0 Å². The van der Waals surface area contributed by atoms with E-state index >= 15 is 0 Å². The molecule has 4 heteroatoms. The van der Waals surface area contributed by atoms with Crippen LogP contribution in [0.5, 0.6) is 0 Å². The number of aromatic nitrogens is 3. The molecule has 0 saturated heterocycles. The Morgan fingerprint density at radius 3 is 3.00 bits per heavy atom. The van der Waals surface area contributed by atoms with E-state index in [1.54, 1.807) is 6.20 Å². The number of rotatable bonds is 6. The molecule has 1 N–H and O–H groups in total. The first kappa shape index (κ1) is 11.2. The van der Waals surface area contributed by atoms with Gasteiger partial charge in [0, 0.05) is 12.7 Å². The summed E-state index contributed by atoms with van der Waals surface area (Å²) in [5, 5.41) is 11.4. The number of nitrogens with zero attached hydrogens (tertiary/aromatic N) is 3. The van der Waals surface area contributed by atoms with E-state index in [2.05, 4.69) is 15.6 Å². The van der Waals surface area contributed by atoms with E-state index in [0.29, 0.717) is 0 Å². The van der Waals surface area contributed by atoms with Crippen molar-refractivity contribution in [1.82, 2.24) is 20.3 Å². The van der Waals surface area contributed by atoms with E-state index < -0.39 is 0 Å². The van der Waals surface area contributed by atoms with Gasteiger partial charge in [0.2, 0.25) is 0 Å². The minimum Gasteiger partial charge on any atom is -0.316 e. The third-order valence-electron chi connectivity index (χ3n) is 4.50. The summed E-state index contributed by atoms with van der Waals surface area (Å²) < 4.78 is 1.90. The second-order valence-corrected chi connectivity index (χ2v) is 5.66. The highest BCUT2D eigenvalue weighted by Crippen LogP contribution is 2.47. The van der Waals surface area contributed by atoms with Crippen molar-refractivity contribution in [2.45, 2.75) is 38.6 Å². The average molecular weight is 234 g/mol. The Hall–Kier alpha value is -0.900. The first-order valence-corrected chi connectivity index (χ1v) is 6.96. The fraction of sp³-hybridized carbons (Fsp3) is 0.846. The predicted molar refractivity (Wildman–Crippen MR) is 66.4 cm³/mol. The van der Waals surface area contributed by atoms with Crippen molar-refractivity contribution < 1.29 is 0 Å². The van der Waals surface area contributed by atoms with Crippen LogP contribution in [0.25, 0.3) is 0 Å². The number of hydrogen-bond acceptors (Lipinski definition) is 3. The summed E-state index contributed by atoms with van der Waals surface area (Å²) in [6.45, 7) is 3.32. The Balaban J connectivity index is 1.28. The van der Waals surface area contributed by atoms with Crippen LogP contribution in [0, 0.1) is 17.8 Å². The quantitative estimate of drug-likeness (QED) is 0.762. The summed E-state index contributed by atoms with van der Waals surface area (Å²) in [7, 11) is 0. The van der Waals surface area contributed by atoms with Gasteiger partial charge in [-0.05, 0) is 56.5 Å². The molecule has 3 unspecified atom stereocenters. The van der Waals surface area contributed by atoms with Crippen molar-refractivity contribution in [3.63, 3.8) is 0 Å². The van der Waals surface area contributed by atoms with E-state index in [9.17, 15) is 0 Å². The first-order chi connectivity index (χ1) is 8.42. The third-order valence-corrected chi connectivity index (χ3v) is 4.50. The van der Waals surface area contributed by atoms with Crippen LogP contribution in [-0.2, 0) is 6.54 Å². The zero-order valence-corrected chi connectivity index (χ0v) is 10.4. The van der Waals surface area contributed by atoms with Gasteiger partial charge in [-0.15, -0.1) is 5.10 Å². The Morgan fingerprint density at radius 2 is 2.29 bits per heavy atom. The molecular formula is C13H22N4. The van der Waals surface area contributed by atoms with Crippen LogP contribution in [0.15, 0.2) is 12.4 Å². The zero-order valence-electron chi connectivity index (χ0n) is 10.4. The molecule has 2 aliphatic carbocycles. The van der Waals surface area contributed by atoms with Crippen LogP contribution in [0.2, 0.25) is 0 Å². The lowest BCUT2D eigenvalue weighted by atomic mass is 9.89. The van der Waals surface area contributed by atoms with E-state index in [1.165, 1.54) is 32.2 Å². The summed E-state index contributed by atoms with van der Waals surface area (Å²) >= 11 is 0. The fourth-order valence-electron chi connectivity index (χ4n) is 3.63. The molecule has 2 bridgehead atoms. The van der Waals surface area contributed by atoms with Crippen LogP contribution < -0.4 is 5.32 Å². The van der Waals surface area contributed by atoms with Crippen molar-refractivity contribution in [3.05, 3.63) is 12.4 Å². The summed E-state index contributed by atoms with van der Waals surface area (Å²) in [5.41, 5.74) is 0. The van der Waals surface area contributed by atoms with Gasteiger partial charge in [-0.3, -0.25) is 4.68 Å². The third kappa shape index (κ3) is 2.68. The van der Waals surface area contributed by atoms with Crippen LogP contribution in [0.3, 0.4) is 0 Å². The van der Waals surface area contributed by atoms with Crippen LogP contribution in [0.4, 0.5) is 0 Å². The molecule has 0 aliphatic heterocycles. The molecule has 17 heavy (non-hydrogen) atoms. The topological polar surface area (TPSA) is 42.7 Å². The fourth-order valence-corrected chi connectivity index (χ4v) is 3.63. The molecule has 1 aromatic heterocycles. The number of hydrogen-bond donors (Lipinski definition) is 1. The summed E-state index contributed by atoms with van der Waals surface area (Å²) in [4.78, 5) is 0. The molecule has 0 spiro atoms. The number of aryl methyl sites for hydroxylation is 1. The molecule has 2 saturated carbocycles. The van der Waals surface area contributed by atoms with Gasteiger partial charge < -0.3 is 5.32 Å². The molecule has 94 valence electrons. The van der Waals surface area contributed by atoms with Crippen molar-refractivity contribution in [2.24, 2.45) is 17.8 Å². The van der Waals surface area contributed by atoms with E-state index in [1.807, 2.05) is 10.9 Å². The lowest BCUT2D eigenvalue weighted by Crippen LogP contribution is -2.27. The molecular weight excluding hydrogens is 212 g/mol. The maximum atomic E-state index is 3.96. The zero-order chi connectivity index (χ0) is 11.5. The van der Waals surface area contributed by atoms with E-state index in [4.69, 9.17) is 0 Å². The highest BCUT2D eigenvalue weighted by atomic mass is 15.4. The molecule has 0 radical (unpaired) electrons. The molecule has 2 fully saturated rings. The second kappa shape index (κ2) is 5.17. The SMILES string of the molecule is c1cn(CCCNCC2CC3CCC2C3)nn1. The molecule has 0 amide bonds. The standard InChI is InChI=1S/C13H22N4/c1(6-17-7-5-15-16-17)4-14-10-13-9-11-2-3-12(13)8-11/h5,7,11-14H,1-4,6,8-10H2. The molecule has 3 atom stereocenters. The van der Waals surface area contributed by atoms with E-state index in [0.717, 1.165) is 37.3 Å². The maximum absolute atomic E-state index is 3.96. The predicted octanol–water partition coefficient (Wildman–Crippen LogP) is 1.69. The lowest BCUT2D eigenvalue weighted by molar-refractivity contribution is 0.317. The van der Waals surface area contributed by atoms with Gasteiger partial charge in [-0.2, -0.15) is 0 Å². The lowest BCUT2D eigenvalue weighted by Gasteiger charge is -2.21. The normalized spacial score (nSPS) is 31.2. The summed E-state index contributed by atoms with van der Waals surface area (Å²) in [6.07, 6.45) is 10.8. The Kier molecular flexibility index (Phi) is 3.41. The van der Waals surface area contributed by atoms with E-state index in [-0.39, 0.29) is 0 Å². The highest BCUT2D eigenvalue weighted by Gasteiger charge is 2.38. The van der Waals surface area contributed by atoms with Gasteiger partial charge in [0.05, 0.1) is 6.20 Å². The van der Waals surface area contributed by atoms with Crippen molar-refractivity contribution >= 4 is 0 Å². The van der Waals surface area contributed by atoms with Gasteiger partial charge in [0.15, 0.2) is 0 Å². The molecule has 4 nitrogen and oxygen atoms in total. The Morgan fingerprint density at radius 1 is 1.29 bits per heavy atom. The number of fused-ring (bicyclic) bond motifs is 2. The van der Waals surface area contributed by atoms with Crippen LogP contribution in [-0.4, -0.2) is 28.1 Å². The van der Waals surface area contributed by atoms with Gasteiger partial charge in [-0.25, -0.2) is 0 Å². The minimum atomic E-state index is 0.972. The smallest absolute Gasteiger partial charge is 0.0692 e. The number of nitrogens with one attached hydrogen (secondary N) is 1. The first-order valence-electron chi connectivity index (χ1n) is 6.96. The maximum Gasteiger partial charge on any atom is 0.0692 e. The van der Waals surface area contributed by atoms with Gasteiger partial charge in [-0.1, -0.05) is 11.6 Å². The molecule has 2 aliphatic rings. The molecule has 1 aromatic rings. The van der Waals surface area contributed by atoms with Crippen molar-refractivity contribution in [2.75, 3.05) is 13.1 Å². The monoisotopic (exact) mass is 234 g/mol. The Bertz CT molecular complexity index is 335. The van der Waals surface area contributed by atoms with Crippen LogP contribution in [0.1, 0.15) is 32.1 Å².